The Hall–Kier alpha value is -1.55. The Balaban J connectivity index is 1.48. The highest BCUT2D eigenvalue weighted by Crippen LogP contribution is 2.42. The highest BCUT2D eigenvalue weighted by Gasteiger charge is 2.41. The highest BCUT2D eigenvalue weighted by molar-refractivity contribution is 5.79. The molecule has 1 aromatic carbocycles. The van der Waals surface area contributed by atoms with E-state index in [1.54, 1.807) is 12.1 Å². The number of phenols is 1. The number of fused-ring (bicyclic) bond motifs is 3. The molecule has 0 spiro atoms. The predicted octanol–water partition coefficient (Wildman–Crippen LogP) is 2.43. The van der Waals surface area contributed by atoms with E-state index in [-0.39, 0.29) is 11.7 Å². The first-order valence-electron chi connectivity index (χ1n) is 8.97. The molecule has 0 radical (unpaired) electrons. The van der Waals surface area contributed by atoms with E-state index in [4.69, 9.17) is 5.73 Å². The van der Waals surface area contributed by atoms with Crippen LogP contribution in [0.1, 0.15) is 43.2 Å². The molecule has 0 saturated heterocycles. The number of aromatic hydroxyl groups is 1. The van der Waals surface area contributed by atoms with Crippen molar-refractivity contribution in [2.24, 2.45) is 23.5 Å². The summed E-state index contributed by atoms with van der Waals surface area (Å²) >= 11 is 0. The number of nitrogens with zero attached hydrogens (tertiary/aromatic N) is 1. The molecule has 2 aliphatic carbocycles. The molecule has 0 aromatic heterocycles. The average Bonchev–Trinajstić information content (AvgIpc) is 2.53. The SMILES string of the molecule is NC1C2CCCC1CC(C(=O)N1CCc3ccc(O)cc3C1)C2. The maximum atomic E-state index is 13.0. The zero-order valence-electron chi connectivity index (χ0n) is 13.6. The van der Waals surface area contributed by atoms with Crippen molar-refractivity contribution < 1.29 is 9.90 Å². The van der Waals surface area contributed by atoms with Crippen molar-refractivity contribution in [1.82, 2.24) is 4.90 Å². The van der Waals surface area contributed by atoms with Gasteiger partial charge in [-0.25, -0.2) is 0 Å². The van der Waals surface area contributed by atoms with Crippen LogP contribution in [-0.4, -0.2) is 28.5 Å². The monoisotopic (exact) mass is 314 g/mol. The number of amides is 1. The summed E-state index contributed by atoms with van der Waals surface area (Å²) in [6, 6.07) is 5.84. The Labute approximate surface area is 137 Å². The molecule has 4 rings (SSSR count). The quantitative estimate of drug-likeness (QED) is 0.836. The fourth-order valence-corrected chi connectivity index (χ4v) is 4.98. The summed E-state index contributed by atoms with van der Waals surface area (Å²) in [6.07, 6.45) is 6.50. The third-order valence-corrected chi connectivity index (χ3v) is 6.28. The summed E-state index contributed by atoms with van der Waals surface area (Å²) in [5, 5.41) is 9.68. The molecular weight excluding hydrogens is 288 g/mol. The third kappa shape index (κ3) is 2.74. The standard InChI is InChI=1S/C19H26N2O2/c20-18-13-2-1-3-14(18)9-15(8-13)19(23)21-7-6-12-4-5-17(22)10-16(12)11-21/h4-5,10,13-15,18,22H,1-3,6-9,11,20H2. The maximum absolute atomic E-state index is 13.0. The van der Waals surface area contributed by atoms with Crippen molar-refractivity contribution in [3.05, 3.63) is 29.3 Å². The second-order valence-corrected chi connectivity index (χ2v) is 7.66. The van der Waals surface area contributed by atoms with Gasteiger partial charge in [0.05, 0.1) is 0 Å². The lowest BCUT2D eigenvalue weighted by atomic mass is 9.65. The molecule has 2 unspecified atom stereocenters. The molecule has 2 bridgehead atoms. The van der Waals surface area contributed by atoms with Crippen LogP contribution in [-0.2, 0) is 17.8 Å². The smallest absolute Gasteiger partial charge is 0.226 e. The number of benzene rings is 1. The Morgan fingerprint density at radius 1 is 1.17 bits per heavy atom. The lowest BCUT2D eigenvalue weighted by Gasteiger charge is -2.45. The fourth-order valence-electron chi connectivity index (χ4n) is 4.98. The molecular formula is C19H26N2O2. The normalized spacial score (nSPS) is 33.2. The highest BCUT2D eigenvalue weighted by atomic mass is 16.3. The van der Waals surface area contributed by atoms with E-state index in [1.165, 1.54) is 24.8 Å². The number of hydrogen-bond acceptors (Lipinski definition) is 3. The largest absolute Gasteiger partial charge is 0.508 e. The van der Waals surface area contributed by atoms with Crippen LogP contribution in [0.3, 0.4) is 0 Å². The van der Waals surface area contributed by atoms with Gasteiger partial charge in [-0.1, -0.05) is 12.5 Å². The van der Waals surface area contributed by atoms with E-state index in [9.17, 15) is 9.90 Å². The van der Waals surface area contributed by atoms with E-state index in [1.807, 2.05) is 11.0 Å². The Bertz CT molecular complexity index is 601. The molecule has 1 heterocycles. The van der Waals surface area contributed by atoms with Crippen molar-refractivity contribution in [2.75, 3.05) is 6.54 Å². The lowest BCUT2D eigenvalue weighted by Crippen LogP contribution is -2.50. The minimum Gasteiger partial charge on any atom is -0.508 e. The van der Waals surface area contributed by atoms with E-state index in [0.29, 0.717) is 30.3 Å². The van der Waals surface area contributed by atoms with E-state index in [0.717, 1.165) is 31.4 Å². The zero-order chi connectivity index (χ0) is 16.0. The summed E-state index contributed by atoms with van der Waals surface area (Å²) in [7, 11) is 0. The van der Waals surface area contributed by atoms with Crippen molar-refractivity contribution in [3.63, 3.8) is 0 Å². The molecule has 3 N–H and O–H groups in total. The summed E-state index contributed by atoms with van der Waals surface area (Å²) in [5.74, 6) is 1.83. The minimum absolute atomic E-state index is 0.156. The topological polar surface area (TPSA) is 66.6 Å². The number of nitrogens with two attached hydrogens (primary N) is 1. The summed E-state index contributed by atoms with van der Waals surface area (Å²) in [5.41, 5.74) is 8.71. The van der Waals surface area contributed by atoms with Gasteiger partial charge in [0.25, 0.3) is 0 Å². The summed E-state index contributed by atoms with van der Waals surface area (Å²) in [6.45, 7) is 1.44. The van der Waals surface area contributed by atoms with Crippen molar-refractivity contribution in [3.8, 4) is 5.75 Å². The van der Waals surface area contributed by atoms with Crippen LogP contribution < -0.4 is 5.73 Å². The second kappa shape index (κ2) is 5.82. The third-order valence-electron chi connectivity index (χ3n) is 6.28. The molecule has 1 aliphatic heterocycles. The van der Waals surface area contributed by atoms with E-state index in [2.05, 4.69) is 0 Å². The summed E-state index contributed by atoms with van der Waals surface area (Å²) in [4.78, 5) is 15.0. The van der Waals surface area contributed by atoms with Gasteiger partial charge in [-0.2, -0.15) is 0 Å². The van der Waals surface area contributed by atoms with Crippen molar-refractivity contribution in [1.29, 1.82) is 0 Å². The minimum atomic E-state index is 0.156. The van der Waals surface area contributed by atoms with Crippen LogP contribution in [0.2, 0.25) is 0 Å². The van der Waals surface area contributed by atoms with Crippen LogP contribution in [0.4, 0.5) is 0 Å². The molecule has 3 aliphatic rings. The molecule has 1 aromatic rings. The number of carbonyl (C=O) groups is 1. The van der Waals surface area contributed by atoms with Crippen LogP contribution in [0.25, 0.3) is 0 Å². The van der Waals surface area contributed by atoms with Crippen LogP contribution in [0, 0.1) is 17.8 Å². The molecule has 4 nitrogen and oxygen atoms in total. The Kier molecular flexibility index (Phi) is 3.80. The fraction of sp³-hybridized carbons (Fsp3) is 0.632. The van der Waals surface area contributed by atoms with Gasteiger partial charge < -0.3 is 15.7 Å². The Morgan fingerprint density at radius 2 is 1.91 bits per heavy atom. The average molecular weight is 314 g/mol. The van der Waals surface area contributed by atoms with Gasteiger partial charge in [-0.15, -0.1) is 0 Å². The van der Waals surface area contributed by atoms with Crippen molar-refractivity contribution in [2.45, 2.75) is 51.1 Å². The molecule has 2 fully saturated rings. The first kappa shape index (κ1) is 15.0. The van der Waals surface area contributed by atoms with Gasteiger partial charge in [0.1, 0.15) is 5.75 Å². The van der Waals surface area contributed by atoms with Gasteiger partial charge >= 0.3 is 0 Å². The molecule has 4 heteroatoms. The van der Waals surface area contributed by atoms with E-state index < -0.39 is 0 Å². The molecule has 1 amide bonds. The lowest BCUT2D eigenvalue weighted by molar-refractivity contribution is -0.139. The van der Waals surface area contributed by atoms with E-state index >= 15 is 0 Å². The molecule has 23 heavy (non-hydrogen) atoms. The van der Waals surface area contributed by atoms with Gasteiger partial charge in [0.2, 0.25) is 5.91 Å². The predicted molar refractivity (Wildman–Crippen MR) is 88.8 cm³/mol. The number of phenolic OH excluding ortho intramolecular Hbond substituents is 1. The number of rotatable bonds is 1. The first-order chi connectivity index (χ1) is 11.1. The Morgan fingerprint density at radius 3 is 2.65 bits per heavy atom. The number of carbonyl (C=O) groups excluding carboxylic acids is 1. The van der Waals surface area contributed by atoms with Crippen LogP contribution in [0.5, 0.6) is 5.75 Å². The first-order valence-corrected chi connectivity index (χ1v) is 8.97. The van der Waals surface area contributed by atoms with Gasteiger partial charge in [-0.3, -0.25) is 4.79 Å². The van der Waals surface area contributed by atoms with Crippen LogP contribution >= 0.6 is 0 Å². The molecule has 2 saturated carbocycles. The van der Waals surface area contributed by atoms with Gasteiger partial charge in [0.15, 0.2) is 0 Å². The maximum Gasteiger partial charge on any atom is 0.226 e. The zero-order valence-corrected chi connectivity index (χ0v) is 13.6. The number of hydrogen-bond donors (Lipinski definition) is 2. The van der Waals surface area contributed by atoms with Gasteiger partial charge in [0, 0.05) is 25.0 Å². The van der Waals surface area contributed by atoms with Gasteiger partial charge in [-0.05, 0) is 67.2 Å². The molecule has 2 atom stereocenters. The molecule has 124 valence electrons. The summed E-state index contributed by atoms with van der Waals surface area (Å²) < 4.78 is 0. The van der Waals surface area contributed by atoms with Crippen LogP contribution in [0.15, 0.2) is 18.2 Å². The second-order valence-electron chi connectivity index (χ2n) is 7.66. The van der Waals surface area contributed by atoms with Crippen molar-refractivity contribution >= 4 is 5.91 Å².